The molecule has 1 fully saturated rings. The Labute approximate surface area is 113 Å². The number of carbonyl (C=O) groups excluding carboxylic acids is 1. The molecular weight excluding hydrogens is 248 g/mol. The molecule has 1 atom stereocenters. The van der Waals surface area contributed by atoms with E-state index in [2.05, 4.69) is 33.0 Å². The molecule has 0 bridgehead atoms. The highest BCUT2D eigenvalue weighted by Gasteiger charge is 2.39. The van der Waals surface area contributed by atoms with Crippen molar-refractivity contribution in [2.75, 3.05) is 0 Å². The summed E-state index contributed by atoms with van der Waals surface area (Å²) in [5.41, 5.74) is 5.07. The Morgan fingerprint density at radius 1 is 1.32 bits per heavy atom. The lowest BCUT2D eigenvalue weighted by Gasteiger charge is -2.45. The van der Waals surface area contributed by atoms with Gasteiger partial charge in [-0.05, 0) is 27.7 Å². The van der Waals surface area contributed by atoms with E-state index in [-0.39, 0.29) is 23.6 Å². The van der Waals surface area contributed by atoms with Gasteiger partial charge in [-0.1, -0.05) is 0 Å². The minimum Gasteiger partial charge on any atom is -0.480 e. The molecule has 0 radical (unpaired) electrons. The molecule has 1 saturated heterocycles. The second kappa shape index (κ2) is 5.46. The summed E-state index contributed by atoms with van der Waals surface area (Å²) in [6.07, 6.45) is 0.898. The summed E-state index contributed by atoms with van der Waals surface area (Å²) >= 11 is 0. The smallest absolute Gasteiger partial charge is 0.321 e. The average Bonchev–Trinajstić information content (AvgIpc) is 2.10. The fourth-order valence-electron chi connectivity index (χ4n) is 2.81. The van der Waals surface area contributed by atoms with Crippen molar-refractivity contribution in [2.45, 2.75) is 70.2 Å². The quantitative estimate of drug-likeness (QED) is 0.649. The number of carbonyl (C=O) groups is 2. The summed E-state index contributed by atoms with van der Waals surface area (Å²) in [6, 6.07) is -1.20. The summed E-state index contributed by atoms with van der Waals surface area (Å²) in [5.74, 6) is -1.74. The third kappa shape index (κ3) is 5.16. The molecule has 110 valence electrons. The predicted molar refractivity (Wildman–Crippen MR) is 70.6 cm³/mol. The monoisotopic (exact) mass is 272 g/mol. The Hall–Kier alpha value is -1.14. The van der Waals surface area contributed by atoms with Crippen LogP contribution in [0.5, 0.6) is 0 Å². The van der Waals surface area contributed by atoms with E-state index < -0.39 is 18.0 Å². The summed E-state index contributed by atoms with van der Waals surface area (Å²) in [4.78, 5) is 22.3. The maximum atomic E-state index is 11.7. The van der Waals surface area contributed by atoms with Crippen molar-refractivity contribution in [3.05, 3.63) is 0 Å². The van der Waals surface area contributed by atoms with Gasteiger partial charge in [0.15, 0.2) is 0 Å². The van der Waals surface area contributed by atoms with E-state index in [1.54, 1.807) is 0 Å². The van der Waals surface area contributed by atoms with Crippen LogP contribution in [-0.4, -0.2) is 40.3 Å². The zero-order valence-corrected chi connectivity index (χ0v) is 12.0. The first kappa shape index (κ1) is 15.9. The molecule has 0 aliphatic carbocycles. The van der Waals surface area contributed by atoms with Crippen molar-refractivity contribution in [3.63, 3.8) is 0 Å². The zero-order valence-electron chi connectivity index (χ0n) is 12.0. The molecule has 0 saturated carbocycles. The number of hydrogen-bond donors (Lipinski definition) is 3. The van der Waals surface area contributed by atoms with Crippen LogP contribution < -0.4 is 11.1 Å². The van der Waals surface area contributed by atoms with Crippen LogP contribution in [0.1, 0.15) is 47.0 Å². The summed E-state index contributed by atoms with van der Waals surface area (Å²) in [6.45, 7) is 8.21. The first-order valence-corrected chi connectivity index (χ1v) is 6.48. The Balaban J connectivity index is 2.57. The molecule has 0 amide bonds. The number of esters is 1. The van der Waals surface area contributed by atoms with Gasteiger partial charge >= 0.3 is 11.9 Å². The van der Waals surface area contributed by atoms with Crippen LogP contribution in [-0.2, 0) is 14.3 Å². The Morgan fingerprint density at radius 3 is 2.21 bits per heavy atom. The molecule has 1 heterocycles. The normalized spacial score (nSPS) is 23.6. The number of nitrogens with two attached hydrogens (primary N) is 1. The van der Waals surface area contributed by atoms with Crippen molar-refractivity contribution in [1.29, 1.82) is 0 Å². The molecule has 0 aromatic carbocycles. The minimum atomic E-state index is -1.20. The second-order valence-corrected chi connectivity index (χ2v) is 6.56. The molecule has 0 aromatic heterocycles. The lowest BCUT2D eigenvalue weighted by Crippen LogP contribution is -2.59. The first-order valence-electron chi connectivity index (χ1n) is 6.48. The van der Waals surface area contributed by atoms with Gasteiger partial charge < -0.3 is 20.9 Å². The van der Waals surface area contributed by atoms with E-state index in [9.17, 15) is 9.59 Å². The van der Waals surface area contributed by atoms with Crippen molar-refractivity contribution in [1.82, 2.24) is 5.32 Å². The van der Waals surface area contributed by atoms with Gasteiger partial charge in [-0.25, -0.2) is 0 Å². The summed E-state index contributed by atoms with van der Waals surface area (Å²) in [5, 5.41) is 12.1. The highest BCUT2D eigenvalue weighted by Crippen LogP contribution is 2.30. The molecule has 1 aliphatic heterocycles. The van der Waals surface area contributed by atoms with Gasteiger partial charge in [0.05, 0.1) is 6.42 Å². The molecular formula is C13H24N2O4. The van der Waals surface area contributed by atoms with Gasteiger partial charge in [0.25, 0.3) is 0 Å². The maximum absolute atomic E-state index is 11.7. The van der Waals surface area contributed by atoms with Crippen molar-refractivity contribution in [3.8, 4) is 0 Å². The highest BCUT2D eigenvalue weighted by atomic mass is 16.5. The van der Waals surface area contributed by atoms with E-state index in [1.807, 2.05) is 0 Å². The lowest BCUT2D eigenvalue weighted by atomic mass is 9.81. The minimum absolute atomic E-state index is 0.123. The number of hydrogen-bond acceptors (Lipinski definition) is 5. The SMILES string of the molecule is CC1(C)CC(OC(=O)CC(N)C(=O)O)CC(C)(C)N1. The Kier molecular flexibility index (Phi) is 4.58. The number of piperidine rings is 1. The fourth-order valence-corrected chi connectivity index (χ4v) is 2.81. The molecule has 19 heavy (non-hydrogen) atoms. The highest BCUT2D eigenvalue weighted by molar-refractivity contribution is 5.81. The molecule has 0 spiro atoms. The van der Waals surface area contributed by atoms with Crippen LogP contribution in [0, 0.1) is 0 Å². The third-order valence-electron chi connectivity index (χ3n) is 3.15. The number of rotatable bonds is 4. The standard InChI is InChI=1S/C13H24N2O4/c1-12(2)6-8(7-13(3,4)15-12)19-10(16)5-9(14)11(17)18/h8-9,15H,5-7,14H2,1-4H3,(H,17,18). The van der Waals surface area contributed by atoms with Crippen LogP contribution in [0.2, 0.25) is 0 Å². The van der Waals surface area contributed by atoms with Crippen molar-refractivity contribution in [2.24, 2.45) is 5.73 Å². The molecule has 6 heteroatoms. The maximum Gasteiger partial charge on any atom is 0.321 e. The van der Waals surface area contributed by atoms with Crippen LogP contribution in [0.15, 0.2) is 0 Å². The molecule has 1 aliphatic rings. The molecule has 6 nitrogen and oxygen atoms in total. The van der Waals surface area contributed by atoms with Gasteiger partial charge in [0.1, 0.15) is 12.1 Å². The zero-order chi connectivity index (χ0) is 14.8. The van der Waals surface area contributed by atoms with Crippen LogP contribution in [0.25, 0.3) is 0 Å². The fraction of sp³-hybridized carbons (Fsp3) is 0.846. The first-order chi connectivity index (χ1) is 8.51. The average molecular weight is 272 g/mol. The number of carboxylic acid groups (broad SMARTS) is 1. The van der Waals surface area contributed by atoms with Crippen LogP contribution in [0.4, 0.5) is 0 Å². The van der Waals surface area contributed by atoms with Gasteiger partial charge in [-0.2, -0.15) is 0 Å². The molecule has 0 aromatic rings. The van der Waals surface area contributed by atoms with Gasteiger partial charge in [-0.15, -0.1) is 0 Å². The second-order valence-electron chi connectivity index (χ2n) is 6.56. The third-order valence-corrected chi connectivity index (χ3v) is 3.15. The molecule has 1 unspecified atom stereocenters. The van der Waals surface area contributed by atoms with E-state index in [4.69, 9.17) is 15.6 Å². The van der Waals surface area contributed by atoms with Crippen molar-refractivity contribution >= 4 is 11.9 Å². The summed E-state index contributed by atoms with van der Waals surface area (Å²) in [7, 11) is 0. The Bertz CT molecular complexity index is 350. The van der Waals surface area contributed by atoms with Gasteiger partial charge in [0.2, 0.25) is 0 Å². The van der Waals surface area contributed by atoms with Crippen molar-refractivity contribution < 1.29 is 19.4 Å². The molecule has 4 N–H and O–H groups in total. The number of nitrogens with one attached hydrogen (secondary N) is 1. The van der Waals surface area contributed by atoms with E-state index in [0.717, 1.165) is 0 Å². The number of ether oxygens (including phenoxy) is 1. The topological polar surface area (TPSA) is 102 Å². The van der Waals surface area contributed by atoms with E-state index >= 15 is 0 Å². The summed E-state index contributed by atoms with van der Waals surface area (Å²) < 4.78 is 5.36. The molecule has 1 rings (SSSR count). The van der Waals surface area contributed by atoms with Gasteiger partial charge in [0, 0.05) is 23.9 Å². The van der Waals surface area contributed by atoms with Crippen LogP contribution >= 0.6 is 0 Å². The predicted octanol–water partition coefficient (Wildman–Crippen LogP) is 0.641. The Morgan fingerprint density at radius 2 is 1.79 bits per heavy atom. The lowest BCUT2D eigenvalue weighted by molar-refractivity contribution is -0.156. The largest absolute Gasteiger partial charge is 0.480 e. The van der Waals surface area contributed by atoms with E-state index in [0.29, 0.717) is 12.8 Å². The number of aliphatic carboxylic acids is 1. The van der Waals surface area contributed by atoms with Gasteiger partial charge in [-0.3, -0.25) is 9.59 Å². The van der Waals surface area contributed by atoms with E-state index in [1.165, 1.54) is 0 Å². The van der Waals surface area contributed by atoms with Crippen LogP contribution in [0.3, 0.4) is 0 Å². The number of carboxylic acids is 1.